The number of rotatable bonds is 4. The number of hydrogen-bond donors (Lipinski definition) is 0. The highest BCUT2D eigenvalue weighted by Crippen LogP contribution is 2.08. The molecule has 2 heteroatoms. The average Bonchev–Trinajstić information content (AvgIpc) is 2.27. The first-order valence-electron chi connectivity index (χ1n) is 5.89. The number of aryl methyl sites for hydroxylation is 1. The second-order valence-electron chi connectivity index (χ2n) is 4.63. The summed E-state index contributed by atoms with van der Waals surface area (Å²) in [5.41, 5.74) is 2.04. The standard InChI is InChI=1S/C14H21NO/c1-5-12-6-8-13(9-7-12)14(16)15(4)10-11(2)3/h6-9,11H,5,10H2,1-4H3. The topological polar surface area (TPSA) is 20.3 Å². The molecule has 0 aliphatic heterocycles. The van der Waals surface area contributed by atoms with Gasteiger partial charge in [-0.2, -0.15) is 0 Å². The van der Waals surface area contributed by atoms with Gasteiger partial charge in [0.25, 0.3) is 5.91 Å². The van der Waals surface area contributed by atoms with Crippen molar-refractivity contribution in [3.05, 3.63) is 35.4 Å². The lowest BCUT2D eigenvalue weighted by Gasteiger charge is -2.19. The lowest BCUT2D eigenvalue weighted by molar-refractivity contribution is 0.0779. The Kier molecular flexibility index (Phi) is 4.53. The van der Waals surface area contributed by atoms with Crippen LogP contribution in [0.15, 0.2) is 24.3 Å². The van der Waals surface area contributed by atoms with E-state index in [2.05, 4.69) is 20.8 Å². The zero-order valence-electron chi connectivity index (χ0n) is 10.7. The van der Waals surface area contributed by atoms with Crippen molar-refractivity contribution in [2.24, 2.45) is 5.92 Å². The molecule has 0 spiro atoms. The van der Waals surface area contributed by atoms with Crippen molar-refractivity contribution in [2.75, 3.05) is 13.6 Å². The number of carbonyl (C=O) groups is 1. The van der Waals surface area contributed by atoms with Crippen LogP contribution in [0.25, 0.3) is 0 Å². The summed E-state index contributed by atoms with van der Waals surface area (Å²) < 4.78 is 0. The van der Waals surface area contributed by atoms with E-state index >= 15 is 0 Å². The van der Waals surface area contributed by atoms with Gasteiger partial charge in [-0.25, -0.2) is 0 Å². The highest BCUT2D eigenvalue weighted by molar-refractivity contribution is 5.94. The Bertz CT molecular complexity index is 340. The van der Waals surface area contributed by atoms with Crippen molar-refractivity contribution in [3.63, 3.8) is 0 Å². The van der Waals surface area contributed by atoms with Crippen LogP contribution in [0.3, 0.4) is 0 Å². The minimum absolute atomic E-state index is 0.108. The van der Waals surface area contributed by atoms with Crippen LogP contribution >= 0.6 is 0 Å². The third-order valence-corrected chi connectivity index (χ3v) is 2.59. The summed E-state index contributed by atoms with van der Waals surface area (Å²) in [6.45, 7) is 7.14. The molecule has 2 nitrogen and oxygen atoms in total. The van der Waals surface area contributed by atoms with E-state index in [-0.39, 0.29) is 5.91 Å². The molecule has 0 unspecified atom stereocenters. The van der Waals surface area contributed by atoms with Gasteiger partial charge in [0.2, 0.25) is 0 Å². The van der Waals surface area contributed by atoms with Crippen molar-refractivity contribution >= 4 is 5.91 Å². The summed E-state index contributed by atoms with van der Waals surface area (Å²) in [4.78, 5) is 13.8. The molecule has 1 rings (SSSR count). The first kappa shape index (κ1) is 12.8. The van der Waals surface area contributed by atoms with Crippen LogP contribution in [0.4, 0.5) is 0 Å². The summed E-state index contributed by atoms with van der Waals surface area (Å²) in [7, 11) is 1.86. The predicted octanol–water partition coefficient (Wildman–Crippen LogP) is 2.98. The third kappa shape index (κ3) is 3.37. The molecule has 0 saturated carbocycles. The molecule has 1 amide bonds. The highest BCUT2D eigenvalue weighted by Gasteiger charge is 2.12. The van der Waals surface area contributed by atoms with Gasteiger partial charge in [0, 0.05) is 19.2 Å². The van der Waals surface area contributed by atoms with Gasteiger partial charge in [0.15, 0.2) is 0 Å². The van der Waals surface area contributed by atoms with Crippen LogP contribution in [0.5, 0.6) is 0 Å². The molecule has 1 aromatic rings. The number of nitrogens with zero attached hydrogens (tertiary/aromatic N) is 1. The van der Waals surface area contributed by atoms with Crippen LogP contribution in [0, 0.1) is 5.92 Å². The van der Waals surface area contributed by atoms with Crippen molar-refractivity contribution in [1.29, 1.82) is 0 Å². The second kappa shape index (κ2) is 5.69. The minimum atomic E-state index is 0.108. The molecule has 0 radical (unpaired) electrons. The van der Waals surface area contributed by atoms with Crippen LogP contribution in [0.1, 0.15) is 36.7 Å². The maximum atomic E-state index is 12.0. The molecule has 88 valence electrons. The summed E-state index contributed by atoms with van der Waals surface area (Å²) in [5.74, 6) is 0.611. The largest absolute Gasteiger partial charge is 0.341 e. The molecular formula is C14H21NO. The Labute approximate surface area is 98.3 Å². The van der Waals surface area contributed by atoms with Crippen LogP contribution < -0.4 is 0 Å². The van der Waals surface area contributed by atoms with E-state index in [1.165, 1.54) is 5.56 Å². The van der Waals surface area contributed by atoms with E-state index in [1.807, 2.05) is 31.3 Å². The Morgan fingerprint density at radius 1 is 1.25 bits per heavy atom. The molecule has 0 saturated heterocycles. The number of hydrogen-bond acceptors (Lipinski definition) is 1. The number of amides is 1. The van der Waals surface area contributed by atoms with E-state index in [0.29, 0.717) is 5.92 Å². The van der Waals surface area contributed by atoms with Gasteiger partial charge < -0.3 is 4.90 Å². The third-order valence-electron chi connectivity index (χ3n) is 2.59. The zero-order valence-corrected chi connectivity index (χ0v) is 10.7. The molecule has 0 N–H and O–H groups in total. The summed E-state index contributed by atoms with van der Waals surface area (Å²) >= 11 is 0. The van der Waals surface area contributed by atoms with Gasteiger partial charge in [0.1, 0.15) is 0 Å². The highest BCUT2D eigenvalue weighted by atomic mass is 16.2. The van der Waals surface area contributed by atoms with Crippen LogP contribution in [-0.2, 0) is 6.42 Å². The SMILES string of the molecule is CCc1ccc(C(=O)N(C)CC(C)C)cc1. The molecule has 16 heavy (non-hydrogen) atoms. The van der Waals surface area contributed by atoms with E-state index in [1.54, 1.807) is 4.90 Å². The van der Waals surface area contributed by atoms with Gasteiger partial charge in [-0.3, -0.25) is 4.79 Å². The summed E-state index contributed by atoms with van der Waals surface area (Å²) in [6.07, 6.45) is 1.01. The molecular weight excluding hydrogens is 198 g/mol. The van der Waals surface area contributed by atoms with E-state index in [9.17, 15) is 4.79 Å². The molecule has 0 atom stereocenters. The molecule has 0 fully saturated rings. The molecule has 1 aromatic carbocycles. The first-order chi connectivity index (χ1) is 7.54. The maximum Gasteiger partial charge on any atom is 0.253 e. The normalized spacial score (nSPS) is 10.6. The van der Waals surface area contributed by atoms with Gasteiger partial charge in [-0.05, 0) is 30.0 Å². The van der Waals surface area contributed by atoms with Crippen LogP contribution in [-0.4, -0.2) is 24.4 Å². The monoisotopic (exact) mass is 219 g/mol. The van der Waals surface area contributed by atoms with Crippen molar-refractivity contribution in [3.8, 4) is 0 Å². The fourth-order valence-corrected chi connectivity index (χ4v) is 1.73. The van der Waals surface area contributed by atoms with E-state index in [0.717, 1.165) is 18.5 Å². The summed E-state index contributed by atoms with van der Waals surface area (Å²) in [5, 5.41) is 0. The summed E-state index contributed by atoms with van der Waals surface area (Å²) in [6, 6.07) is 7.88. The van der Waals surface area contributed by atoms with E-state index < -0.39 is 0 Å². The molecule has 0 aromatic heterocycles. The fraction of sp³-hybridized carbons (Fsp3) is 0.500. The van der Waals surface area contributed by atoms with Crippen LogP contribution in [0.2, 0.25) is 0 Å². The van der Waals surface area contributed by atoms with Gasteiger partial charge in [-0.1, -0.05) is 32.9 Å². The fourth-order valence-electron chi connectivity index (χ4n) is 1.73. The molecule has 0 bridgehead atoms. The molecule has 0 aliphatic rings. The predicted molar refractivity (Wildman–Crippen MR) is 67.6 cm³/mol. The molecule has 0 heterocycles. The Morgan fingerprint density at radius 2 is 1.81 bits per heavy atom. The van der Waals surface area contributed by atoms with Crippen molar-refractivity contribution in [1.82, 2.24) is 4.90 Å². The first-order valence-corrected chi connectivity index (χ1v) is 5.89. The minimum Gasteiger partial charge on any atom is -0.341 e. The average molecular weight is 219 g/mol. The lowest BCUT2D eigenvalue weighted by atomic mass is 10.1. The smallest absolute Gasteiger partial charge is 0.253 e. The van der Waals surface area contributed by atoms with Crippen molar-refractivity contribution < 1.29 is 4.79 Å². The lowest BCUT2D eigenvalue weighted by Crippen LogP contribution is -2.30. The Balaban J connectivity index is 2.72. The number of benzene rings is 1. The van der Waals surface area contributed by atoms with Gasteiger partial charge >= 0.3 is 0 Å². The molecule has 0 aliphatic carbocycles. The zero-order chi connectivity index (χ0) is 12.1. The van der Waals surface area contributed by atoms with Crippen molar-refractivity contribution in [2.45, 2.75) is 27.2 Å². The second-order valence-corrected chi connectivity index (χ2v) is 4.63. The Morgan fingerprint density at radius 3 is 2.25 bits per heavy atom. The number of carbonyl (C=O) groups excluding carboxylic acids is 1. The Hall–Kier alpha value is -1.31. The van der Waals surface area contributed by atoms with E-state index in [4.69, 9.17) is 0 Å². The maximum absolute atomic E-state index is 12.0. The van der Waals surface area contributed by atoms with Gasteiger partial charge in [-0.15, -0.1) is 0 Å². The quantitative estimate of drug-likeness (QED) is 0.762. The van der Waals surface area contributed by atoms with Gasteiger partial charge in [0.05, 0.1) is 0 Å².